The molecule has 2 aromatic carbocycles. The Bertz CT molecular complexity index is 983. The topological polar surface area (TPSA) is 118 Å². The summed E-state index contributed by atoms with van der Waals surface area (Å²) in [5.41, 5.74) is 5.62. The van der Waals surface area contributed by atoms with Crippen molar-refractivity contribution in [2.24, 2.45) is 5.10 Å². The molecule has 2 aromatic rings. The molecule has 2 rings (SSSR count). The maximum absolute atomic E-state index is 12.2. The molecule has 0 saturated heterocycles. The maximum Gasteiger partial charge on any atom is 0.329 e. The number of nitrogens with one attached hydrogen (secondary N) is 3. The van der Waals surface area contributed by atoms with Gasteiger partial charge in [-0.3, -0.25) is 14.4 Å². The normalized spacial score (nSPS) is 10.9. The molecule has 182 valence electrons. The Kier molecular flexibility index (Phi) is 10.7. The Morgan fingerprint density at radius 1 is 1.00 bits per heavy atom. The van der Waals surface area contributed by atoms with E-state index in [0.29, 0.717) is 30.9 Å². The molecule has 0 saturated carbocycles. The van der Waals surface area contributed by atoms with Gasteiger partial charge in [0.25, 0.3) is 5.91 Å². The van der Waals surface area contributed by atoms with Crippen molar-refractivity contribution in [1.29, 1.82) is 0 Å². The summed E-state index contributed by atoms with van der Waals surface area (Å²) >= 11 is 0. The van der Waals surface area contributed by atoms with Gasteiger partial charge in [0.2, 0.25) is 0 Å². The first-order chi connectivity index (χ1) is 16.3. The average molecular weight is 469 g/mol. The monoisotopic (exact) mass is 468 g/mol. The first-order valence-electron chi connectivity index (χ1n) is 11.1. The highest BCUT2D eigenvalue weighted by Gasteiger charge is 2.11. The molecule has 0 aliphatic heterocycles. The fourth-order valence-electron chi connectivity index (χ4n) is 2.88. The number of hydrogen-bond acceptors (Lipinski definition) is 6. The minimum atomic E-state index is -0.851. The van der Waals surface area contributed by atoms with Crippen molar-refractivity contribution < 1.29 is 23.9 Å². The van der Waals surface area contributed by atoms with E-state index in [-0.39, 0.29) is 18.6 Å². The molecule has 0 atom stereocenters. The lowest BCUT2D eigenvalue weighted by molar-refractivity contribution is -0.139. The molecule has 0 aliphatic carbocycles. The Morgan fingerprint density at radius 2 is 1.68 bits per heavy atom. The second-order valence-corrected chi connectivity index (χ2v) is 7.90. The number of hydrogen-bond donors (Lipinski definition) is 3. The Labute approximate surface area is 199 Å². The molecule has 9 heteroatoms. The smallest absolute Gasteiger partial charge is 0.329 e. The quantitative estimate of drug-likeness (QED) is 0.203. The largest absolute Gasteiger partial charge is 0.484 e. The van der Waals surface area contributed by atoms with Crippen LogP contribution in [-0.4, -0.2) is 49.8 Å². The lowest BCUT2D eigenvalue weighted by Gasteiger charge is -2.12. The minimum absolute atomic E-state index is 0.127. The maximum atomic E-state index is 12.2. The predicted molar refractivity (Wildman–Crippen MR) is 131 cm³/mol. The van der Waals surface area contributed by atoms with Gasteiger partial charge in [-0.05, 0) is 75.1 Å². The molecule has 0 aliphatic rings. The van der Waals surface area contributed by atoms with E-state index in [2.05, 4.69) is 21.2 Å². The van der Waals surface area contributed by atoms with E-state index in [1.54, 1.807) is 24.3 Å². The molecule has 0 radical (unpaired) electrons. The first-order valence-corrected chi connectivity index (χ1v) is 11.1. The molecule has 0 fully saturated rings. The molecule has 3 N–H and O–H groups in total. The summed E-state index contributed by atoms with van der Waals surface area (Å²) in [6.07, 6.45) is 2.14. The van der Waals surface area contributed by atoms with Crippen LogP contribution in [0, 0.1) is 13.8 Å². The highest BCUT2D eigenvalue weighted by atomic mass is 16.5. The van der Waals surface area contributed by atoms with E-state index >= 15 is 0 Å². The fourth-order valence-corrected chi connectivity index (χ4v) is 2.88. The number of hydrazone groups is 1. The van der Waals surface area contributed by atoms with Crippen molar-refractivity contribution in [1.82, 2.24) is 10.7 Å². The van der Waals surface area contributed by atoms with Crippen LogP contribution in [0.15, 0.2) is 47.6 Å². The summed E-state index contributed by atoms with van der Waals surface area (Å²) in [5, 5.41) is 9.15. The van der Waals surface area contributed by atoms with E-state index in [1.807, 2.05) is 45.9 Å². The molecule has 0 aromatic heterocycles. The Hall–Kier alpha value is -3.72. The second kappa shape index (κ2) is 13.7. The third-order valence-electron chi connectivity index (χ3n) is 4.64. The molecule has 0 heterocycles. The highest BCUT2D eigenvalue weighted by molar-refractivity contribution is 6.35. The molecule has 0 unspecified atom stereocenters. The standard InChI is InChI=1S/C25H32N4O5/c1-17(2)33-14-6-13-26-24(31)25(32)29-27-15-20-9-11-21(12-10-20)34-16-22(30)28-23-18(3)7-5-8-19(23)4/h5,7-12,15,17H,6,13-14,16H2,1-4H3,(H,26,31)(H,28,30)(H,29,32)/b27-15-. The highest BCUT2D eigenvalue weighted by Crippen LogP contribution is 2.19. The molecule has 0 bridgehead atoms. The third-order valence-corrected chi connectivity index (χ3v) is 4.64. The van der Waals surface area contributed by atoms with E-state index in [9.17, 15) is 14.4 Å². The van der Waals surface area contributed by atoms with E-state index in [0.717, 1.165) is 16.8 Å². The summed E-state index contributed by atoms with van der Waals surface area (Å²) < 4.78 is 10.9. The van der Waals surface area contributed by atoms with Gasteiger partial charge in [0, 0.05) is 18.8 Å². The SMILES string of the molecule is Cc1cccc(C)c1NC(=O)COc1ccc(/C=N\NC(=O)C(=O)NCCCOC(C)C)cc1. The van der Waals surface area contributed by atoms with Crippen molar-refractivity contribution in [2.45, 2.75) is 40.2 Å². The van der Waals surface area contributed by atoms with Crippen LogP contribution >= 0.6 is 0 Å². The van der Waals surface area contributed by atoms with Crippen molar-refractivity contribution in [2.75, 3.05) is 25.1 Å². The van der Waals surface area contributed by atoms with E-state index in [4.69, 9.17) is 9.47 Å². The molecular formula is C25H32N4O5. The number of nitrogens with zero attached hydrogens (tertiary/aromatic N) is 1. The van der Waals surface area contributed by atoms with Crippen LogP contribution in [0.4, 0.5) is 5.69 Å². The number of rotatable bonds is 11. The molecule has 0 spiro atoms. The summed E-state index contributed by atoms with van der Waals surface area (Å²) in [4.78, 5) is 35.7. The molecule has 34 heavy (non-hydrogen) atoms. The third kappa shape index (κ3) is 9.41. The summed E-state index contributed by atoms with van der Waals surface area (Å²) in [6.45, 7) is 8.44. The number of carbonyl (C=O) groups excluding carboxylic acids is 3. The van der Waals surface area contributed by atoms with Gasteiger partial charge in [-0.1, -0.05) is 18.2 Å². The van der Waals surface area contributed by atoms with Crippen LogP contribution in [0.3, 0.4) is 0 Å². The van der Waals surface area contributed by atoms with Crippen molar-refractivity contribution in [3.8, 4) is 5.75 Å². The zero-order valence-corrected chi connectivity index (χ0v) is 20.0. The van der Waals surface area contributed by atoms with Crippen molar-refractivity contribution >= 4 is 29.6 Å². The van der Waals surface area contributed by atoms with Crippen LogP contribution in [0.25, 0.3) is 0 Å². The Balaban J connectivity index is 1.72. The number of anilines is 1. The first kappa shape index (κ1) is 26.5. The number of aryl methyl sites for hydroxylation is 2. The lowest BCUT2D eigenvalue weighted by Crippen LogP contribution is -2.38. The van der Waals surface area contributed by atoms with Gasteiger partial charge in [0.05, 0.1) is 12.3 Å². The second-order valence-electron chi connectivity index (χ2n) is 7.90. The zero-order valence-electron chi connectivity index (χ0n) is 20.0. The van der Waals surface area contributed by atoms with Gasteiger partial charge in [-0.15, -0.1) is 0 Å². The van der Waals surface area contributed by atoms with Gasteiger partial charge in [-0.25, -0.2) is 5.43 Å². The zero-order chi connectivity index (χ0) is 24.9. The van der Waals surface area contributed by atoms with Crippen LogP contribution in [0.2, 0.25) is 0 Å². The minimum Gasteiger partial charge on any atom is -0.484 e. The van der Waals surface area contributed by atoms with Crippen LogP contribution in [-0.2, 0) is 19.1 Å². The van der Waals surface area contributed by atoms with Crippen molar-refractivity contribution in [3.05, 3.63) is 59.2 Å². The van der Waals surface area contributed by atoms with Crippen molar-refractivity contribution in [3.63, 3.8) is 0 Å². The average Bonchev–Trinajstić information content (AvgIpc) is 2.80. The van der Waals surface area contributed by atoms with E-state index < -0.39 is 11.8 Å². The molecule has 9 nitrogen and oxygen atoms in total. The van der Waals surface area contributed by atoms with Crippen LogP contribution in [0.5, 0.6) is 5.75 Å². The van der Waals surface area contributed by atoms with Crippen LogP contribution in [0.1, 0.15) is 37.0 Å². The molecule has 3 amide bonds. The van der Waals surface area contributed by atoms with Gasteiger partial charge in [0.15, 0.2) is 6.61 Å². The van der Waals surface area contributed by atoms with Gasteiger partial charge in [0.1, 0.15) is 5.75 Å². The summed E-state index contributed by atoms with van der Waals surface area (Å²) in [7, 11) is 0. The number of para-hydroxylation sites is 1. The summed E-state index contributed by atoms with van der Waals surface area (Å²) in [5.74, 6) is -1.35. The van der Waals surface area contributed by atoms with Gasteiger partial charge >= 0.3 is 11.8 Å². The van der Waals surface area contributed by atoms with Gasteiger partial charge < -0.3 is 20.1 Å². The number of ether oxygens (including phenoxy) is 2. The van der Waals surface area contributed by atoms with Crippen LogP contribution < -0.4 is 20.8 Å². The Morgan fingerprint density at radius 3 is 2.32 bits per heavy atom. The number of carbonyl (C=O) groups is 3. The number of benzene rings is 2. The lowest BCUT2D eigenvalue weighted by atomic mass is 10.1. The fraction of sp³-hybridized carbons (Fsp3) is 0.360. The number of amides is 3. The predicted octanol–water partition coefficient (Wildman–Crippen LogP) is 2.70. The summed E-state index contributed by atoms with van der Waals surface area (Å²) in [6, 6.07) is 12.6. The van der Waals surface area contributed by atoms with Gasteiger partial charge in [-0.2, -0.15) is 5.10 Å². The van der Waals surface area contributed by atoms with E-state index in [1.165, 1.54) is 6.21 Å². The molecular weight excluding hydrogens is 436 g/mol.